The standard InChI is InChI=1S/C22H26N2O4S/c1-5-14(6-2)24-13-18(21(25)23-12-15-8-7-9-29-15)16-10-19(27-3)20(28-4)11-17(16)22(24)26/h7-11,13-14H,5-6,12H2,1-4H3,(H,23,25). The van der Waals surface area contributed by atoms with Crippen LogP contribution in [0, 0.1) is 0 Å². The average Bonchev–Trinajstić information content (AvgIpc) is 3.27. The average molecular weight is 415 g/mol. The van der Waals surface area contributed by atoms with Crippen LogP contribution in [0.25, 0.3) is 10.8 Å². The molecule has 0 saturated carbocycles. The van der Waals surface area contributed by atoms with Gasteiger partial charge in [0.25, 0.3) is 11.5 Å². The minimum Gasteiger partial charge on any atom is -0.493 e. The van der Waals surface area contributed by atoms with Gasteiger partial charge in [-0.3, -0.25) is 9.59 Å². The van der Waals surface area contributed by atoms with Gasteiger partial charge in [-0.15, -0.1) is 11.3 Å². The van der Waals surface area contributed by atoms with Crippen LogP contribution >= 0.6 is 11.3 Å². The van der Waals surface area contributed by atoms with Crippen molar-refractivity contribution in [3.05, 3.63) is 56.6 Å². The number of rotatable bonds is 8. The maximum absolute atomic E-state index is 13.2. The zero-order chi connectivity index (χ0) is 21.0. The summed E-state index contributed by atoms with van der Waals surface area (Å²) in [6.07, 6.45) is 3.27. The van der Waals surface area contributed by atoms with E-state index < -0.39 is 0 Å². The number of fused-ring (bicyclic) bond motifs is 1. The summed E-state index contributed by atoms with van der Waals surface area (Å²) >= 11 is 1.59. The third kappa shape index (κ3) is 4.15. The molecule has 2 heterocycles. The van der Waals surface area contributed by atoms with Crippen molar-refractivity contribution in [1.82, 2.24) is 9.88 Å². The maximum Gasteiger partial charge on any atom is 0.258 e. The maximum atomic E-state index is 13.2. The molecule has 0 fully saturated rings. The van der Waals surface area contributed by atoms with E-state index in [-0.39, 0.29) is 17.5 Å². The zero-order valence-corrected chi connectivity index (χ0v) is 18.0. The molecule has 1 amide bonds. The van der Waals surface area contributed by atoms with Crippen LogP contribution in [0.1, 0.15) is 48.0 Å². The summed E-state index contributed by atoms with van der Waals surface area (Å²) in [5.41, 5.74) is 0.313. The van der Waals surface area contributed by atoms with Crippen LogP contribution in [-0.2, 0) is 6.54 Å². The molecule has 29 heavy (non-hydrogen) atoms. The fourth-order valence-corrected chi connectivity index (χ4v) is 4.14. The third-order valence-corrected chi connectivity index (χ3v) is 6.01. The molecule has 3 aromatic rings. The molecule has 0 aliphatic rings. The number of benzene rings is 1. The second-order valence-corrected chi connectivity index (χ2v) is 7.77. The Kier molecular flexibility index (Phi) is 6.59. The summed E-state index contributed by atoms with van der Waals surface area (Å²) in [5, 5.41) is 5.94. The first-order valence-electron chi connectivity index (χ1n) is 9.65. The Morgan fingerprint density at radius 3 is 2.34 bits per heavy atom. The SMILES string of the molecule is CCC(CC)n1cc(C(=O)NCc2cccs2)c2cc(OC)c(OC)cc2c1=O. The molecule has 0 atom stereocenters. The number of methoxy groups -OCH3 is 2. The van der Waals surface area contributed by atoms with Crippen molar-refractivity contribution < 1.29 is 14.3 Å². The van der Waals surface area contributed by atoms with Gasteiger partial charge >= 0.3 is 0 Å². The summed E-state index contributed by atoms with van der Waals surface area (Å²) in [4.78, 5) is 27.4. The lowest BCUT2D eigenvalue weighted by molar-refractivity contribution is 0.0952. The smallest absolute Gasteiger partial charge is 0.258 e. The number of nitrogens with zero attached hydrogens (tertiary/aromatic N) is 1. The first-order valence-corrected chi connectivity index (χ1v) is 10.5. The molecule has 0 unspecified atom stereocenters. The van der Waals surface area contributed by atoms with Gasteiger partial charge in [-0.25, -0.2) is 0 Å². The minimum atomic E-state index is -0.227. The van der Waals surface area contributed by atoms with E-state index in [1.54, 1.807) is 34.2 Å². The van der Waals surface area contributed by atoms with Gasteiger partial charge in [0.15, 0.2) is 11.5 Å². The van der Waals surface area contributed by atoms with Gasteiger partial charge in [-0.2, -0.15) is 0 Å². The molecular formula is C22H26N2O4S. The van der Waals surface area contributed by atoms with Gasteiger partial charge in [-0.1, -0.05) is 19.9 Å². The number of carbonyl (C=O) groups is 1. The molecule has 154 valence electrons. The molecule has 0 spiro atoms. The quantitative estimate of drug-likeness (QED) is 0.594. The van der Waals surface area contributed by atoms with Crippen molar-refractivity contribution in [1.29, 1.82) is 0 Å². The predicted molar refractivity (Wildman–Crippen MR) is 116 cm³/mol. The normalized spacial score (nSPS) is 11.1. The Morgan fingerprint density at radius 2 is 1.79 bits per heavy atom. The largest absolute Gasteiger partial charge is 0.493 e. The molecule has 0 radical (unpaired) electrons. The minimum absolute atomic E-state index is 0.0174. The monoisotopic (exact) mass is 414 g/mol. The lowest BCUT2D eigenvalue weighted by atomic mass is 10.0. The van der Waals surface area contributed by atoms with Crippen LogP contribution in [0.4, 0.5) is 0 Å². The Labute approximate surface area is 174 Å². The van der Waals surface area contributed by atoms with E-state index >= 15 is 0 Å². The number of nitrogens with one attached hydrogen (secondary N) is 1. The van der Waals surface area contributed by atoms with Crippen molar-refractivity contribution in [2.24, 2.45) is 0 Å². The number of ether oxygens (including phenoxy) is 2. The van der Waals surface area contributed by atoms with Gasteiger partial charge in [0, 0.05) is 22.5 Å². The number of pyridine rings is 1. The second kappa shape index (κ2) is 9.13. The summed E-state index contributed by atoms with van der Waals surface area (Å²) < 4.78 is 12.4. The highest BCUT2D eigenvalue weighted by atomic mass is 32.1. The van der Waals surface area contributed by atoms with E-state index in [2.05, 4.69) is 5.32 Å². The molecule has 2 aromatic heterocycles. The fourth-order valence-electron chi connectivity index (χ4n) is 3.50. The Hall–Kier alpha value is -2.80. The first-order chi connectivity index (χ1) is 14.0. The number of hydrogen-bond acceptors (Lipinski definition) is 5. The van der Waals surface area contributed by atoms with Gasteiger partial charge in [0.05, 0.1) is 31.7 Å². The predicted octanol–water partition coefficient (Wildman–Crippen LogP) is 4.37. The lowest BCUT2D eigenvalue weighted by Crippen LogP contribution is -2.29. The van der Waals surface area contributed by atoms with E-state index in [1.807, 2.05) is 31.4 Å². The van der Waals surface area contributed by atoms with Crippen LogP contribution in [0.15, 0.2) is 40.6 Å². The van der Waals surface area contributed by atoms with E-state index in [4.69, 9.17) is 9.47 Å². The van der Waals surface area contributed by atoms with Gasteiger partial charge in [-0.05, 0) is 36.4 Å². The Balaban J connectivity index is 2.17. The molecule has 0 bridgehead atoms. The number of thiophene rings is 1. The molecule has 6 nitrogen and oxygen atoms in total. The molecule has 0 aliphatic heterocycles. The van der Waals surface area contributed by atoms with Crippen molar-refractivity contribution in [3.63, 3.8) is 0 Å². The van der Waals surface area contributed by atoms with Crippen LogP contribution in [-0.4, -0.2) is 24.7 Å². The highest BCUT2D eigenvalue weighted by molar-refractivity contribution is 7.09. The zero-order valence-electron chi connectivity index (χ0n) is 17.2. The highest BCUT2D eigenvalue weighted by Crippen LogP contribution is 2.33. The van der Waals surface area contributed by atoms with Crippen molar-refractivity contribution >= 4 is 28.0 Å². The number of aromatic nitrogens is 1. The van der Waals surface area contributed by atoms with Gasteiger partial charge in [0.1, 0.15) is 0 Å². The first kappa shape index (κ1) is 20.9. The summed E-state index contributed by atoms with van der Waals surface area (Å²) in [6.45, 7) is 4.52. The van der Waals surface area contributed by atoms with Crippen LogP contribution in [0.3, 0.4) is 0 Å². The van der Waals surface area contributed by atoms with Crippen molar-refractivity contribution in [3.8, 4) is 11.5 Å². The van der Waals surface area contributed by atoms with Crippen molar-refractivity contribution in [2.45, 2.75) is 39.3 Å². The molecule has 7 heteroatoms. The fraction of sp³-hybridized carbons (Fsp3) is 0.364. The topological polar surface area (TPSA) is 69.6 Å². The van der Waals surface area contributed by atoms with Crippen LogP contribution in [0.2, 0.25) is 0 Å². The Bertz CT molecular complexity index is 1050. The number of carbonyl (C=O) groups excluding carboxylic acids is 1. The van der Waals surface area contributed by atoms with Crippen molar-refractivity contribution in [2.75, 3.05) is 14.2 Å². The molecular weight excluding hydrogens is 388 g/mol. The van der Waals surface area contributed by atoms with Crippen LogP contribution < -0.4 is 20.3 Å². The molecule has 1 aromatic carbocycles. The molecule has 3 rings (SSSR count). The third-order valence-electron chi connectivity index (χ3n) is 5.13. The van der Waals surface area contributed by atoms with Gasteiger partial charge in [0.2, 0.25) is 0 Å². The molecule has 1 N–H and O–H groups in total. The summed E-state index contributed by atoms with van der Waals surface area (Å²) in [6, 6.07) is 7.30. The Morgan fingerprint density at radius 1 is 1.14 bits per heavy atom. The molecule has 0 aliphatic carbocycles. The molecule has 0 saturated heterocycles. The van der Waals surface area contributed by atoms with E-state index in [0.29, 0.717) is 34.4 Å². The highest BCUT2D eigenvalue weighted by Gasteiger charge is 2.20. The summed E-state index contributed by atoms with van der Waals surface area (Å²) in [5.74, 6) is 0.714. The summed E-state index contributed by atoms with van der Waals surface area (Å²) in [7, 11) is 3.06. The van der Waals surface area contributed by atoms with E-state index in [9.17, 15) is 9.59 Å². The number of hydrogen-bond donors (Lipinski definition) is 1. The number of amides is 1. The van der Waals surface area contributed by atoms with E-state index in [1.165, 1.54) is 14.2 Å². The second-order valence-electron chi connectivity index (χ2n) is 6.74. The van der Waals surface area contributed by atoms with Gasteiger partial charge < -0.3 is 19.4 Å². The van der Waals surface area contributed by atoms with E-state index in [0.717, 1.165) is 17.7 Å². The lowest BCUT2D eigenvalue weighted by Gasteiger charge is -2.20. The van der Waals surface area contributed by atoms with Crippen LogP contribution in [0.5, 0.6) is 11.5 Å².